The van der Waals surface area contributed by atoms with Crippen molar-refractivity contribution in [2.24, 2.45) is 5.41 Å². The number of nitrogens with one attached hydrogen (secondary N) is 1. The zero-order chi connectivity index (χ0) is 24.0. The van der Waals surface area contributed by atoms with Gasteiger partial charge in [0.25, 0.3) is 0 Å². The fourth-order valence-electron chi connectivity index (χ4n) is 5.79. The molecule has 3 aromatic rings. The number of benzene rings is 3. The third-order valence-electron chi connectivity index (χ3n) is 7.52. The molecule has 1 N–H and O–H groups in total. The molecule has 0 radical (unpaired) electrons. The van der Waals surface area contributed by atoms with E-state index in [2.05, 4.69) is 21.2 Å². The van der Waals surface area contributed by atoms with Crippen LogP contribution in [-0.2, 0) is 22.6 Å². The number of amides is 4. The number of piperazine rings is 1. The largest absolute Gasteiger partial charge is 0.368 e. The Balaban J connectivity index is 1.44. The van der Waals surface area contributed by atoms with Crippen molar-refractivity contribution in [3.63, 3.8) is 0 Å². The highest BCUT2D eigenvalue weighted by Crippen LogP contribution is 2.46. The van der Waals surface area contributed by atoms with Crippen LogP contribution < -0.4 is 15.1 Å². The van der Waals surface area contributed by atoms with Crippen LogP contribution in [0.4, 0.5) is 16.2 Å². The van der Waals surface area contributed by atoms with E-state index in [1.165, 1.54) is 4.90 Å². The van der Waals surface area contributed by atoms with Crippen molar-refractivity contribution in [3.8, 4) is 0 Å². The topological polar surface area (TPSA) is 73.0 Å². The smallest absolute Gasteiger partial charge is 0.331 e. The van der Waals surface area contributed by atoms with E-state index in [0.29, 0.717) is 13.1 Å². The van der Waals surface area contributed by atoms with Gasteiger partial charge in [0.05, 0.1) is 12.6 Å². The molecule has 0 aliphatic carbocycles. The Morgan fingerprint density at radius 3 is 2.29 bits per heavy atom. The van der Waals surface area contributed by atoms with Gasteiger partial charge in [-0.05, 0) is 35.7 Å². The molecule has 3 heterocycles. The summed E-state index contributed by atoms with van der Waals surface area (Å²) in [6, 6.07) is 26.4. The molecule has 0 unspecified atom stereocenters. The predicted octanol–water partition coefficient (Wildman–Crippen LogP) is 3.20. The summed E-state index contributed by atoms with van der Waals surface area (Å²) in [5.74, 6) is -0.925. The number of carbonyl (C=O) groups is 3. The lowest BCUT2D eigenvalue weighted by molar-refractivity contribution is -0.154. The number of rotatable bonds is 3. The first-order chi connectivity index (χ1) is 17.1. The highest BCUT2D eigenvalue weighted by molar-refractivity contribution is 6.20. The molecule has 2 fully saturated rings. The van der Waals surface area contributed by atoms with Gasteiger partial charge in [-0.2, -0.15) is 0 Å². The molecular formula is C28H26N4O3. The van der Waals surface area contributed by atoms with Gasteiger partial charge in [0.15, 0.2) is 5.41 Å². The Morgan fingerprint density at radius 1 is 0.829 bits per heavy atom. The van der Waals surface area contributed by atoms with Crippen LogP contribution in [0.25, 0.3) is 0 Å². The maximum absolute atomic E-state index is 14.2. The molecule has 3 aliphatic heterocycles. The van der Waals surface area contributed by atoms with Crippen LogP contribution in [0, 0.1) is 5.41 Å². The van der Waals surface area contributed by atoms with Crippen LogP contribution in [0.5, 0.6) is 0 Å². The fourth-order valence-corrected chi connectivity index (χ4v) is 5.79. The molecule has 0 saturated carbocycles. The summed E-state index contributed by atoms with van der Waals surface area (Å²) >= 11 is 0. The average molecular weight is 467 g/mol. The van der Waals surface area contributed by atoms with Crippen LogP contribution in [0.1, 0.15) is 11.1 Å². The first-order valence-electron chi connectivity index (χ1n) is 11.9. The first-order valence-corrected chi connectivity index (χ1v) is 11.9. The summed E-state index contributed by atoms with van der Waals surface area (Å²) in [6.45, 7) is 2.07. The van der Waals surface area contributed by atoms with Crippen molar-refractivity contribution in [2.75, 3.05) is 29.4 Å². The Hall–Kier alpha value is -4.13. The normalized spacial score (nSPS) is 23.7. The van der Waals surface area contributed by atoms with Crippen LogP contribution in [-0.4, -0.2) is 48.4 Å². The van der Waals surface area contributed by atoms with Crippen LogP contribution in [0.2, 0.25) is 0 Å². The molecule has 0 aromatic heterocycles. The van der Waals surface area contributed by atoms with Crippen molar-refractivity contribution in [3.05, 3.63) is 96.1 Å². The second-order valence-corrected chi connectivity index (χ2v) is 9.40. The predicted molar refractivity (Wildman–Crippen MR) is 133 cm³/mol. The minimum Gasteiger partial charge on any atom is -0.368 e. The third kappa shape index (κ3) is 3.38. The van der Waals surface area contributed by atoms with Crippen molar-refractivity contribution >= 4 is 29.2 Å². The summed E-state index contributed by atoms with van der Waals surface area (Å²) in [6.07, 6.45) is 0.260. The summed E-state index contributed by atoms with van der Waals surface area (Å²) in [7, 11) is 0. The lowest BCUT2D eigenvalue weighted by Gasteiger charge is -2.55. The zero-order valence-electron chi connectivity index (χ0n) is 19.3. The molecule has 3 aliphatic rings. The van der Waals surface area contributed by atoms with Gasteiger partial charge in [-0.15, -0.1) is 0 Å². The average Bonchev–Trinajstić information content (AvgIpc) is 2.90. The van der Waals surface area contributed by atoms with Crippen molar-refractivity contribution < 1.29 is 14.4 Å². The quantitative estimate of drug-likeness (QED) is 0.601. The summed E-state index contributed by atoms with van der Waals surface area (Å²) in [5, 5.41) is 2.54. The van der Waals surface area contributed by atoms with Gasteiger partial charge < -0.3 is 9.80 Å². The molecule has 6 rings (SSSR count). The number of carbonyl (C=O) groups excluding carboxylic acids is 3. The lowest BCUT2D eigenvalue weighted by atomic mass is 9.67. The molecule has 2 atom stereocenters. The highest BCUT2D eigenvalue weighted by Gasteiger charge is 2.62. The van der Waals surface area contributed by atoms with Crippen molar-refractivity contribution in [1.82, 2.24) is 10.2 Å². The molecule has 176 valence electrons. The second kappa shape index (κ2) is 8.27. The Bertz CT molecular complexity index is 1300. The van der Waals surface area contributed by atoms with E-state index in [1.54, 1.807) is 0 Å². The third-order valence-corrected chi connectivity index (χ3v) is 7.52. The van der Waals surface area contributed by atoms with Gasteiger partial charge in [0, 0.05) is 31.0 Å². The first kappa shape index (κ1) is 21.4. The summed E-state index contributed by atoms with van der Waals surface area (Å²) in [5.41, 5.74) is 2.51. The molecule has 1 spiro atoms. The Labute approximate surface area is 203 Å². The van der Waals surface area contributed by atoms with Crippen LogP contribution >= 0.6 is 0 Å². The number of hydrogen-bond acceptors (Lipinski definition) is 5. The molecule has 4 amide bonds. The molecule has 0 bridgehead atoms. The number of imide groups is 2. The van der Waals surface area contributed by atoms with Gasteiger partial charge in [-0.25, -0.2) is 4.79 Å². The van der Waals surface area contributed by atoms with E-state index >= 15 is 0 Å². The summed E-state index contributed by atoms with van der Waals surface area (Å²) in [4.78, 5) is 46.4. The molecule has 35 heavy (non-hydrogen) atoms. The van der Waals surface area contributed by atoms with E-state index in [9.17, 15) is 14.4 Å². The van der Waals surface area contributed by atoms with Crippen LogP contribution in [0.15, 0.2) is 84.9 Å². The number of anilines is 2. The van der Waals surface area contributed by atoms with Crippen molar-refractivity contribution in [1.29, 1.82) is 0 Å². The fraction of sp³-hybridized carbons (Fsp3) is 0.250. The minimum absolute atomic E-state index is 0.122. The summed E-state index contributed by atoms with van der Waals surface area (Å²) < 4.78 is 0. The van der Waals surface area contributed by atoms with Gasteiger partial charge in [-0.3, -0.25) is 19.8 Å². The molecular weight excluding hydrogens is 440 g/mol. The van der Waals surface area contributed by atoms with E-state index < -0.39 is 29.3 Å². The highest BCUT2D eigenvalue weighted by atomic mass is 16.2. The van der Waals surface area contributed by atoms with Gasteiger partial charge in [0.1, 0.15) is 0 Å². The zero-order valence-corrected chi connectivity index (χ0v) is 19.3. The molecule has 3 aromatic carbocycles. The SMILES string of the molecule is O=C1NC(=O)[C@@]2(Cc3ccccc3N3CCN(c4ccccc4)C[C@@H]32)C(=O)N1Cc1ccccc1. The van der Waals surface area contributed by atoms with Gasteiger partial charge >= 0.3 is 6.03 Å². The number of hydrogen-bond donors (Lipinski definition) is 1. The second-order valence-electron chi connectivity index (χ2n) is 9.40. The maximum atomic E-state index is 14.2. The van der Waals surface area contributed by atoms with Crippen LogP contribution in [0.3, 0.4) is 0 Å². The number of urea groups is 1. The number of fused-ring (bicyclic) bond motifs is 4. The van der Waals surface area contributed by atoms with E-state index in [0.717, 1.165) is 29.0 Å². The number of barbiturate groups is 1. The molecule has 7 heteroatoms. The van der Waals surface area contributed by atoms with Crippen molar-refractivity contribution in [2.45, 2.75) is 19.0 Å². The number of nitrogens with zero attached hydrogens (tertiary/aromatic N) is 3. The van der Waals surface area contributed by atoms with Gasteiger partial charge in [0.2, 0.25) is 11.8 Å². The maximum Gasteiger partial charge on any atom is 0.331 e. The standard InChI is InChI=1S/C28H26N4O3/c33-25-28(26(34)32(27(35)29-25)18-20-9-3-1-4-10-20)17-21-11-7-8-14-23(21)31-16-15-30(19-24(28)31)22-12-5-2-6-13-22/h1-14,24H,15-19H2,(H,29,33,35)/t24-,28+/m1/s1. The monoisotopic (exact) mass is 466 g/mol. The minimum atomic E-state index is -1.40. The Kier molecular flexibility index (Phi) is 5.06. The molecule has 2 saturated heterocycles. The Morgan fingerprint density at radius 2 is 1.51 bits per heavy atom. The van der Waals surface area contributed by atoms with E-state index in [4.69, 9.17) is 0 Å². The number of para-hydroxylation sites is 2. The molecule has 7 nitrogen and oxygen atoms in total. The van der Waals surface area contributed by atoms with E-state index in [1.807, 2.05) is 78.9 Å². The lowest BCUT2D eigenvalue weighted by Crippen LogP contribution is -2.75. The van der Waals surface area contributed by atoms with E-state index in [-0.39, 0.29) is 13.0 Å². The van der Waals surface area contributed by atoms with Gasteiger partial charge in [-0.1, -0.05) is 66.7 Å².